The molecule has 120 valence electrons. The van der Waals surface area contributed by atoms with Crippen LogP contribution in [-0.2, 0) is 29.7 Å². The molecule has 1 aliphatic rings. The lowest BCUT2D eigenvalue weighted by Gasteiger charge is -2.24. The molecule has 2 rings (SSSR count). The molecular formula is C15H27N3O2S. The lowest BCUT2D eigenvalue weighted by Crippen LogP contribution is -2.39. The molecule has 1 fully saturated rings. The third-order valence-corrected chi connectivity index (χ3v) is 6.11. The zero-order valence-electron chi connectivity index (χ0n) is 13.3. The number of sulfone groups is 1. The third kappa shape index (κ3) is 4.30. The largest absolute Gasteiger partial charge is 0.313 e. The second-order valence-electron chi connectivity index (χ2n) is 6.03. The van der Waals surface area contributed by atoms with Gasteiger partial charge in [0.15, 0.2) is 9.84 Å². The van der Waals surface area contributed by atoms with Crippen molar-refractivity contribution in [1.82, 2.24) is 15.1 Å². The maximum atomic E-state index is 11.7. The van der Waals surface area contributed by atoms with Gasteiger partial charge in [0.2, 0.25) is 0 Å². The first kappa shape index (κ1) is 16.5. The Morgan fingerprint density at radius 1 is 1.48 bits per heavy atom. The Hall–Kier alpha value is -0.880. The van der Waals surface area contributed by atoms with E-state index < -0.39 is 9.84 Å². The smallest absolute Gasteiger partial charge is 0.150 e. The Morgan fingerprint density at radius 2 is 2.24 bits per heavy atom. The summed E-state index contributed by atoms with van der Waals surface area (Å²) >= 11 is 0. The van der Waals surface area contributed by atoms with Crippen LogP contribution < -0.4 is 5.32 Å². The van der Waals surface area contributed by atoms with Gasteiger partial charge in [-0.05, 0) is 37.8 Å². The van der Waals surface area contributed by atoms with Crippen LogP contribution in [-0.4, -0.2) is 42.3 Å². The van der Waals surface area contributed by atoms with E-state index >= 15 is 0 Å². The predicted octanol–water partition coefficient (Wildman–Crippen LogP) is 1.33. The number of aryl methyl sites for hydroxylation is 2. The molecule has 0 amide bonds. The first-order chi connectivity index (χ1) is 9.95. The van der Waals surface area contributed by atoms with E-state index in [2.05, 4.69) is 30.3 Å². The summed E-state index contributed by atoms with van der Waals surface area (Å²) in [5, 5.41) is 8.03. The van der Waals surface area contributed by atoms with Crippen molar-refractivity contribution in [3.8, 4) is 0 Å². The highest BCUT2D eigenvalue weighted by Crippen LogP contribution is 2.24. The highest BCUT2D eigenvalue weighted by molar-refractivity contribution is 7.91. The van der Waals surface area contributed by atoms with Crippen LogP contribution in [0.4, 0.5) is 0 Å². The molecule has 0 bridgehead atoms. The van der Waals surface area contributed by atoms with E-state index in [0.29, 0.717) is 11.5 Å². The number of aromatic nitrogens is 2. The Labute approximate surface area is 128 Å². The summed E-state index contributed by atoms with van der Waals surface area (Å²) < 4.78 is 25.4. The maximum absolute atomic E-state index is 11.7. The molecule has 1 aromatic heterocycles. The van der Waals surface area contributed by atoms with Crippen molar-refractivity contribution >= 4 is 9.84 Å². The lowest BCUT2D eigenvalue weighted by molar-refractivity contribution is 0.373. The molecule has 1 N–H and O–H groups in total. The van der Waals surface area contributed by atoms with Crippen LogP contribution in [0.2, 0.25) is 0 Å². The summed E-state index contributed by atoms with van der Waals surface area (Å²) in [5.74, 6) is 0.891. The van der Waals surface area contributed by atoms with Crippen LogP contribution >= 0.6 is 0 Å². The molecule has 6 heteroatoms. The van der Waals surface area contributed by atoms with Crippen molar-refractivity contribution < 1.29 is 8.42 Å². The molecule has 0 aliphatic carbocycles. The minimum atomic E-state index is -2.83. The normalized spacial score (nSPS) is 22.5. The Balaban J connectivity index is 2.10. The van der Waals surface area contributed by atoms with Crippen LogP contribution in [0.3, 0.4) is 0 Å². The maximum Gasteiger partial charge on any atom is 0.150 e. The summed E-state index contributed by atoms with van der Waals surface area (Å²) in [6.07, 6.45) is 3.62. The topological polar surface area (TPSA) is 64.0 Å². The minimum absolute atomic E-state index is 0.224. The fraction of sp³-hybridized carbons (Fsp3) is 0.800. The van der Waals surface area contributed by atoms with Crippen molar-refractivity contribution in [3.05, 3.63) is 17.5 Å². The van der Waals surface area contributed by atoms with Gasteiger partial charge in [-0.25, -0.2) is 8.42 Å². The van der Waals surface area contributed by atoms with Crippen LogP contribution in [0.15, 0.2) is 6.07 Å². The number of nitrogens with zero attached hydrogens (tertiary/aromatic N) is 2. The van der Waals surface area contributed by atoms with E-state index in [1.165, 1.54) is 5.69 Å². The van der Waals surface area contributed by atoms with E-state index in [1.54, 1.807) is 0 Å². The van der Waals surface area contributed by atoms with Gasteiger partial charge in [-0.2, -0.15) is 5.10 Å². The van der Waals surface area contributed by atoms with Crippen LogP contribution in [0.1, 0.15) is 38.1 Å². The standard InChI is InChI=1S/C15H27N3O2S/c1-4-7-16-15(12-6-8-21(19,20)11-12)10-14-9-13(5-2)17-18(14)3/h9,12,15-16H,4-8,10-11H2,1-3H3. The highest BCUT2D eigenvalue weighted by atomic mass is 32.2. The SMILES string of the molecule is CCCNC(Cc1cc(CC)nn1C)C1CCS(=O)(=O)C1. The number of rotatable bonds is 7. The van der Waals surface area contributed by atoms with Crippen molar-refractivity contribution in [2.24, 2.45) is 13.0 Å². The molecule has 0 spiro atoms. The van der Waals surface area contributed by atoms with Gasteiger partial charge >= 0.3 is 0 Å². The molecule has 2 heterocycles. The van der Waals surface area contributed by atoms with Crippen molar-refractivity contribution in [2.75, 3.05) is 18.1 Å². The van der Waals surface area contributed by atoms with Gasteiger partial charge in [-0.15, -0.1) is 0 Å². The summed E-state index contributed by atoms with van der Waals surface area (Å²) in [6, 6.07) is 2.37. The van der Waals surface area contributed by atoms with Gasteiger partial charge in [0.05, 0.1) is 17.2 Å². The van der Waals surface area contributed by atoms with E-state index in [-0.39, 0.29) is 12.0 Å². The summed E-state index contributed by atoms with van der Waals surface area (Å²) in [4.78, 5) is 0. The summed E-state index contributed by atoms with van der Waals surface area (Å²) in [5.41, 5.74) is 2.28. The molecule has 2 atom stereocenters. The van der Waals surface area contributed by atoms with Gasteiger partial charge in [-0.3, -0.25) is 4.68 Å². The van der Waals surface area contributed by atoms with Gasteiger partial charge in [0.25, 0.3) is 0 Å². The van der Waals surface area contributed by atoms with Crippen molar-refractivity contribution in [3.63, 3.8) is 0 Å². The first-order valence-corrected chi connectivity index (χ1v) is 9.73. The molecule has 1 aliphatic heterocycles. The fourth-order valence-electron chi connectivity index (χ4n) is 3.04. The van der Waals surface area contributed by atoms with Gasteiger partial charge in [0.1, 0.15) is 0 Å². The second-order valence-corrected chi connectivity index (χ2v) is 8.26. The molecule has 2 unspecified atom stereocenters. The molecule has 0 aromatic carbocycles. The molecule has 0 saturated carbocycles. The monoisotopic (exact) mass is 313 g/mol. The van der Waals surface area contributed by atoms with Gasteiger partial charge in [0, 0.05) is 25.2 Å². The predicted molar refractivity (Wildman–Crippen MR) is 85.1 cm³/mol. The average Bonchev–Trinajstić information content (AvgIpc) is 2.97. The van der Waals surface area contributed by atoms with E-state index in [4.69, 9.17) is 0 Å². The minimum Gasteiger partial charge on any atom is -0.313 e. The number of hydrogen-bond acceptors (Lipinski definition) is 4. The molecule has 1 aromatic rings. The number of nitrogens with one attached hydrogen (secondary N) is 1. The van der Waals surface area contributed by atoms with Crippen molar-refractivity contribution in [2.45, 2.75) is 45.6 Å². The van der Waals surface area contributed by atoms with Crippen LogP contribution in [0.5, 0.6) is 0 Å². The first-order valence-electron chi connectivity index (χ1n) is 7.90. The lowest BCUT2D eigenvalue weighted by atomic mass is 9.94. The highest BCUT2D eigenvalue weighted by Gasteiger charge is 2.33. The Bertz CT molecular complexity index is 565. The van der Waals surface area contributed by atoms with E-state index in [0.717, 1.165) is 37.9 Å². The Kier molecular flexibility index (Phi) is 5.43. The van der Waals surface area contributed by atoms with Gasteiger partial charge in [-0.1, -0.05) is 13.8 Å². The molecule has 5 nitrogen and oxygen atoms in total. The van der Waals surface area contributed by atoms with Crippen molar-refractivity contribution in [1.29, 1.82) is 0 Å². The van der Waals surface area contributed by atoms with Crippen LogP contribution in [0, 0.1) is 5.92 Å². The number of hydrogen-bond donors (Lipinski definition) is 1. The molecular weight excluding hydrogens is 286 g/mol. The molecule has 21 heavy (non-hydrogen) atoms. The molecule has 1 saturated heterocycles. The zero-order chi connectivity index (χ0) is 15.5. The fourth-order valence-corrected chi connectivity index (χ4v) is 4.92. The third-order valence-electron chi connectivity index (χ3n) is 4.31. The van der Waals surface area contributed by atoms with E-state index in [9.17, 15) is 8.42 Å². The second kappa shape index (κ2) is 6.92. The van der Waals surface area contributed by atoms with E-state index in [1.807, 2.05) is 11.7 Å². The molecule has 0 radical (unpaired) electrons. The average molecular weight is 313 g/mol. The van der Waals surface area contributed by atoms with Crippen LogP contribution in [0.25, 0.3) is 0 Å². The zero-order valence-corrected chi connectivity index (χ0v) is 14.1. The summed E-state index contributed by atoms with van der Waals surface area (Å²) in [6.45, 7) is 5.16. The van der Waals surface area contributed by atoms with Gasteiger partial charge < -0.3 is 5.32 Å². The quantitative estimate of drug-likeness (QED) is 0.825. The Morgan fingerprint density at radius 3 is 2.76 bits per heavy atom. The summed E-state index contributed by atoms with van der Waals surface area (Å²) in [7, 11) is -0.861.